The van der Waals surface area contributed by atoms with Crippen LogP contribution in [0.5, 0.6) is 0 Å². The summed E-state index contributed by atoms with van der Waals surface area (Å²) >= 11 is 0. The highest BCUT2D eigenvalue weighted by atomic mass is 16.4. The molecule has 0 aliphatic heterocycles. The van der Waals surface area contributed by atoms with E-state index < -0.39 is 6.09 Å². The highest BCUT2D eigenvalue weighted by Crippen LogP contribution is 1.81. The van der Waals surface area contributed by atoms with Gasteiger partial charge in [0, 0.05) is 6.54 Å². The first-order valence-corrected chi connectivity index (χ1v) is 4.95. The summed E-state index contributed by atoms with van der Waals surface area (Å²) in [6.07, 6.45) is 1.02. The zero-order chi connectivity index (χ0) is 10.8. The molecule has 3 N–H and O–H groups in total. The molecule has 5 nitrogen and oxygen atoms in total. The third-order valence-corrected chi connectivity index (χ3v) is 1.77. The Hall–Kier alpha value is -0.810. The lowest BCUT2D eigenvalue weighted by molar-refractivity contribution is 0.194. The molecule has 0 atom stereocenters. The summed E-state index contributed by atoms with van der Waals surface area (Å²) in [7, 11) is 4.10. The molecule has 1 amide bonds. The van der Waals surface area contributed by atoms with Gasteiger partial charge in [0.25, 0.3) is 0 Å². The van der Waals surface area contributed by atoms with Crippen LogP contribution in [-0.2, 0) is 0 Å². The van der Waals surface area contributed by atoms with Gasteiger partial charge in [-0.05, 0) is 46.6 Å². The third-order valence-electron chi connectivity index (χ3n) is 1.77. The minimum atomic E-state index is -0.947. The molecule has 0 aromatic carbocycles. The molecule has 0 rings (SSSR count). The molecule has 0 saturated heterocycles. The van der Waals surface area contributed by atoms with Crippen LogP contribution in [0.4, 0.5) is 4.79 Å². The first-order valence-electron chi connectivity index (χ1n) is 4.95. The Bertz CT molecular complexity index is 151. The summed E-state index contributed by atoms with van der Waals surface area (Å²) in [4.78, 5) is 12.2. The predicted octanol–water partition coefficient (Wildman–Crippen LogP) is 0.185. The molecule has 0 aromatic rings. The monoisotopic (exact) mass is 203 g/mol. The van der Waals surface area contributed by atoms with E-state index in [1.54, 1.807) is 0 Å². The van der Waals surface area contributed by atoms with E-state index in [1.165, 1.54) is 0 Å². The number of carbonyl (C=O) groups is 1. The molecular weight excluding hydrogens is 182 g/mol. The molecule has 84 valence electrons. The van der Waals surface area contributed by atoms with Gasteiger partial charge >= 0.3 is 6.09 Å². The van der Waals surface area contributed by atoms with Gasteiger partial charge in [-0.15, -0.1) is 0 Å². The summed E-state index contributed by atoms with van der Waals surface area (Å²) in [6, 6.07) is 0. The Morgan fingerprint density at radius 1 is 1.21 bits per heavy atom. The Labute approximate surface area is 85.5 Å². The van der Waals surface area contributed by atoms with Crippen molar-refractivity contribution in [1.29, 1.82) is 0 Å². The molecule has 0 fully saturated rings. The maximum atomic E-state index is 10.1. The van der Waals surface area contributed by atoms with E-state index in [2.05, 4.69) is 29.6 Å². The number of amides is 1. The van der Waals surface area contributed by atoms with Crippen molar-refractivity contribution in [3.8, 4) is 0 Å². The molecule has 0 aliphatic rings. The largest absolute Gasteiger partial charge is 0.465 e. The number of hydrogen-bond donors (Lipinski definition) is 3. The third kappa shape index (κ3) is 11.2. The highest BCUT2D eigenvalue weighted by molar-refractivity contribution is 5.64. The van der Waals surface area contributed by atoms with Crippen LogP contribution in [0.2, 0.25) is 0 Å². The average molecular weight is 203 g/mol. The van der Waals surface area contributed by atoms with Crippen molar-refractivity contribution in [1.82, 2.24) is 15.5 Å². The topological polar surface area (TPSA) is 64.6 Å². The molecule has 0 heterocycles. The normalized spacial score (nSPS) is 10.5. The number of hydrogen-bond acceptors (Lipinski definition) is 3. The van der Waals surface area contributed by atoms with E-state index in [1.807, 2.05) is 0 Å². The molecule has 0 aromatic heterocycles. The molecule has 14 heavy (non-hydrogen) atoms. The van der Waals surface area contributed by atoms with Gasteiger partial charge < -0.3 is 20.6 Å². The van der Waals surface area contributed by atoms with Crippen LogP contribution >= 0.6 is 0 Å². The van der Waals surface area contributed by atoms with Crippen molar-refractivity contribution < 1.29 is 9.90 Å². The standard InChI is InChI=1S/C9H21N3O2/c1-12(2)8-4-6-10-5-3-7-11-9(13)14/h10-11H,3-8H2,1-2H3,(H,13,14). The average Bonchev–Trinajstić information content (AvgIpc) is 2.08. The zero-order valence-electron chi connectivity index (χ0n) is 9.05. The summed E-state index contributed by atoms with van der Waals surface area (Å²) in [5.74, 6) is 0. The molecule has 0 aliphatic carbocycles. The van der Waals surface area contributed by atoms with Crippen molar-refractivity contribution >= 4 is 6.09 Å². The van der Waals surface area contributed by atoms with E-state index in [4.69, 9.17) is 5.11 Å². The van der Waals surface area contributed by atoms with Crippen molar-refractivity contribution in [3.05, 3.63) is 0 Å². The van der Waals surface area contributed by atoms with E-state index in [0.29, 0.717) is 6.54 Å². The first-order chi connectivity index (χ1) is 6.63. The van der Waals surface area contributed by atoms with Crippen LogP contribution in [0.1, 0.15) is 12.8 Å². The second-order valence-corrected chi connectivity index (χ2v) is 3.49. The van der Waals surface area contributed by atoms with E-state index >= 15 is 0 Å². The zero-order valence-corrected chi connectivity index (χ0v) is 9.05. The van der Waals surface area contributed by atoms with Gasteiger partial charge in [-0.3, -0.25) is 0 Å². The Morgan fingerprint density at radius 3 is 2.43 bits per heavy atom. The van der Waals surface area contributed by atoms with Crippen LogP contribution in [0.15, 0.2) is 0 Å². The quantitative estimate of drug-likeness (QED) is 0.493. The summed E-state index contributed by atoms with van der Waals surface area (Å²) in [5.41, 5.74) is 0. The van der Waals surface area contributed by atoms with Gasteiger partial charge in [0.2, 0.25) is 0 Å². The van der Waals surface area contributed by atoms with Crippen LogP contribution in [0, 0.1) is 0 Å². The number of nitrogens with zero attached hydrogens (tertiary/aromatic N) is 1. The van der Waals surface area contributed by atoms with Gasteiger partial charge in [-0.2, -0.15) is 0 Å². The second kappa shape index (κ2) is 8.77. The smallest absolute Gasteiger partial charge is 0.404 e. The van der Waals surface area contributed by atoms with E-state index in [9.17, 15) is 4.79 Å². The van der Waals surface area contributed by atoms with E-state index in [0.717, 1.165) is 32.5 Å². The summed E-state index contributed by atoms with van der Waals surface area (Å²) < 4.78 is 0. The lowest BCUT2D eigenvalue weighted by atomic mass is 10.3. The second-order valence-electron chi connectivity index (χ2n) is 3.49. The summed E-state index contributed by atoms with van der Waals surface area (Å²) in [5, 5.41) is 13.9. The SMILES string of the molecule is CN(C)CCCNCCCNC(=O)O. The molecule has 5 heteroatoms. The molecular formula is C9H21N3O2. The van der Waals surface area contributed by atoms with Gasteiger partial charge in [-0.1, -0.05) is 0 Å². The minimum Gasteiger partial charge on any atom is -0.465 e. The Balaban J connectivity index is 2.96. The molecule has 0 bridgehead atoms. The Kier molecular flexibility index (Phi) is 8.27. The highest BCUT2D eigenvalue weighted by Gasteiger charge is 1.93. The van der Waals surface area contributed by atoms with Crippen molar-refractivity contribution in [2.75, 3.05) is 40.3 Å². The molecule has 0 unspecified atom stereocenters. The van der Waals surface area contributed by atoms with Crippen molar-refractivity contribution in [3.63, 3.8) is 0 Å². The van der Waals surface area contributed by atoms with Gasteiger partial charge in [-0.25, -0.2) is 4.79 Å². The van der Waals surface area contributed by atoms with Crippen molar-refractivity contribution in [2.45, 2.75) is 12.8 Å². The number of nitrogens with one attached hydrogen (secondary N) is 2. The maximum Gasteiger partial charge on any atom is 0.404 e. The lowest BCUT2D eigenvalue weighted by Gasteiger charge is -2.09. The first kappa shape index (κ1) is 13.2. The van der Waals surface area contributed by atoms with Crippen molar-refractivity contribution in [2.24, 2.45) is 0 Å². The molecule has 0 radical (unpaired) electrons. The van der Waals surface area contributed by atoms with Gasteiger partial charge in [0.1, 0.15) is 0 Å². The molecule has 0 spiro atoms. The lowest BCUT2D eigenvalue weighted by Crippen LogP contribution is -2.27. The maximum absolute atomic E-state index is 10.1. The van der Waals surface area contributed by atoms with Crippen LogP contribution in [0.3, 0.4) is 0 Å². The fourth-order valence-corrected chi connectivity index (χ4v) is 1.05. The number of rotatable bonds is 8. The van der Waals surface area contributed by atoms with Crippen LogP contribution in [0.25, 0.3) is 0 Å². The fourth-order valence-electron chi connectivity index (χ4n) is 1.05. The Morgan fingerprint density at radius 2 is 1.86 bits per heavy atom. The van der Waals surface area contributed by atoms with Crippen LogP contribution in [-0.4, -0.2) is 56.4 Å². The van der Waals surface area contributed by atoms with Gasteiger partial charge in [0.15, 0.2) is 0 Å². The van der Waals surface area contributed by atoms with E-state index in [-0.39, 0.29) is 0 Å². The van der Waals surface area contributed by atoms with Gasteiger partial charge in [0.05, 0.1) is 0 Å². The fraction of sp³-hybridized carbons (Fsp3) is 0.889. The molecule has 0 saturated carbocycles. The number of carboxylic acid groups (broad SMARTS) is 1. The van der Waals surface area contributed by atoms with Crippen LogP contribution < -0.4 is 10.6 Å². The minimum absolute atomic E-state index is 0.524. The predicted molar refractivity (Wildman–Crippen MR) is 56.7 cm³/mol. The summed E-state index contributed by atoms with van der Waals surface area (Å²) in [6.45, 7) is 3.47.